The average molecular weight is 389 g/mol. The first kappa shape index (κ1) is 13.3. The number of anilines is 1. The molecular formula is C12H6ClIN2OS. The normalized spacial score (nSPS) is 9.83. The van der Waals surface area contributed by atoms with Crippen molar-refractivity contribution in [1.82, 2.24) is 0 Å². The molecule has 1 N–H and O–H groups in total. The van der Waals surface area contributed by atoms with Crippen LogP contribution in [0.4, 0.5) is 5.69 Å². The van der Waals surface area contributed by atoms with Crippen molar-refractivity contribution in [3.05, 3.63) is 48.7 Å². The summed E-state index contributed by atoms with van der Waals surface area (Å²) >= 11 is 9.64. The first-order chi connectivity index (χ1) is 8.60. The number of nitrogens with zero attached hydrogens (tertiary/aromatic N) is 1. The number of carbonyl (C=O) groups excluding carboxylic acids is 1. The molecule has 1 aromatic carbocycles. The Labute approximate surface area is 127 Å². The van der Waals surface area contributed by atoms with Gasteiger partial charge in [0, 0.05) is 5.38 Å². The molecule has 0 unspecified atom stereocenters. The van der Waals surface area contributed by atoms with Gasteiger partial charge in [0.2, 0.25) is 0 Å². The molecule has 0 bridgehead atoms. The minimum atomic E-state index is -0.208. The molecule has 0 saturated heterocycles. The van der Waals surface area contributed by atoms with Gasteiger partial charge < -0.3 is 5.32 Å². The summed E-state index contributed by atoms with van der Waals surface area (Å²) in [5.74, 6) is -0.208. The predicted molar refractivity (Wildman–Crippen MR) is 81.2 cm³/mol. The van der Waals surface area contributed by atoms with Crippen molar-refractivity contribution < 1.29 is 4.79 Å². The largest absolute Gasteiger partial charge is 0.321 e. The highest BCUT2D eigenvalue weighted by Gasteiger charge is 2.10. The summed E-state index contributed by atoms with van der Waals surface area (Å²) in [5.41, 5.74) is 1.56. The van der Waals surface area contributed by atoms with E-state index in [1.807, 2.05) is 6.07 Å². The smallest absolute Gasteiger partial charge is 0.256 e. The van der Waals surface area contributed by atoms with E-state index in [2.05, 4.69) is 27.9 Å². The SMILES string of the molecule is N#Cc1ccc(NC(=O)c2csc(I)c2)c(Cl)c1. The fourth-order valence-electron chi connectivity index (χ4n) is 1.31. The van der Waals surface area contributed by atoms with Crippen molar-refractivity contribution in [3.63, 3.8) is 0 Å². The van der Waals surface area contributed by atoms with E-state index in [-0.39, 0.29) is 5.91 Å². The van der Waals surface area contributed by atoms with Crippen LogP contribution in [0.5, 0.6) is 0 Å². The second-order valence-corrected chi connectivity index (χ2v) is 6.61. The van der Waals surface area contributed by atoms with Gasteiger partial charge in [0.1, 0.15) is 0 Å². The molecule has 1 heterocycles. The number of amides is 1. The van der Waals surface area contributed by atoms with Crippen molar-refractivity contribution in [2.45, 2.75) is 0 Å². The first-order valence-corrected chi connectivity index (χ1v) is 7.19. The summed E-state index contributed by atoms with van der Waals surface area (Å²) in [7, 11) is 0. The lowest BCUT2D eigenvalue weighted by molar-refractivity contribution is 0.102. The summed E-state index contributed by atoms with van der Waals surface area (Å²) in [4.78, 5) is 11.9. The molecule has 6 heteroatoms. The fourth-order valence-corrected chi connectivity index (χ4v) is 2.86. The molecule has 0 spiro atoms. The Morgan fingerprint density at radius 2 is 2.22 bits per heavy atom. The van der Waals surface area contributed by atoms with Crippen LogP contribution in [0.15, 0.2) is 29.6 Å². The minimum Gasteiger partial charge on any atom is -0.321 e. The lowest BCUT2D eigenvalue weighted by Crippen LogP contribution is -2.11. The maximum atomic E-state index is 11.9. The average Bonchev–Trinajstić information content (AvgIpc) is 2.78. The number of thiophene rings is 1. The van der Waals surface area contributed by atoms with Gasteiger partial charge in [-0.1, -0.05) is 11.6 Å². The topological polar surface area (TPSA) is 52.9 Å². The Morgan fingerprint density at radius 1 is 1.44 bits per heavy atom. The number of hydrogen-bond acceptors (Lipinski definition) is 3. The molecule has 1 aromatic heterocycles. The van der Waals surface area contributed by atoms with Crippen LogP contribution in [0.3, 0.4) is 0 Å². The highest BCUT2D eigenvalue weighted by Crippen LogP contribution is 2.24. The Morgan fingerprint density at radius 3 is 2.78 bits per heavy atom. The third kappa shape index (κ3) is 3.02. The van der Waals surface area contributed by atoms with Gasteiger partial charge in [0.15, 0.2) is 0 Å². The summed E-state index contributed by atoms with van der Waals surface area (Å²) in [6.07, 6.45) is 0. The van der Waals surface area contributed by atoms with E-state index in [1.165, 1.54) is 17.4 Å². The Hall–Kier alpha value is -1.10. The molecule has 1 amide bonds. The standard InChI is InChI=1S/C12H6ClIN2OS/c13-9-3-7(5-15)1-2-10(9)16-12(17)8-4-11(14)18-6-8/h1-4,6H,(H,16,17). The van der Waals surface area contributed by atoms with Gasteiger partial charge in [0.25, 0.3) is 5.91 Å². The lowest BCUT2D eigenvalue weighted by Gasteiger charge is -2.06. The molecule has 3 nitrogen and oxygen atoms in total. The Balaban J connectivity index is 2.20. The molecule has 0 saturated carbocycles. The van der Waals surface area contributed by atoms with Gasteiger partial charge >= 0.3 is 0 Å². The van der Waals surface area contributed by atoms with Crippen molar-refractivity contribution in [3.8, 4) is 6.07 Å². The number of nitrogens with one attached hydrogen (secondary N) is 1. The monoisotopic (exact) mass is 388 g/mol. The van der Waals surface area contributed by atoms with Crippen LogP contribution in [-0.4, -0.2) is 5.91 Å². The molecule has 0 radical (unpaired) electrons. The molecule has 18 heavy (non-hydrogen) atoms. The third-order valence-electron chi connectivity index (χ3n) is 2.18. The molecule has 90 valence electrons. The van der Waals surface area contributed by atoms with Gasteiger partial charge in [-0.15, -0.1) is 11.3 Å². The van der Waals surface area contributed by atoms with Crippen molar-refractivity contribution >= 4 is 57.1 Å². The number of hydrogen-bond donors (Lipinski definition) is 1. The molecule has 2 rings (SSSR count). The van der Waals surface area contributed by atoms with Crippen LogP contribution >= 0.6 is 45.5 Å². The molecular weight excluding hydrogens is 383 g/mol. The molecule has 0 atom stereocenters. The summed E-state index contributed by atoms with van der Waals surface area (Å²) < 4.78 is 1.05. The second-order valence-electron chi connectivity index (χ2n) is 3.40. The summed E-state index contributed by atoms with van der Waals surface area (Å²) in [6.45, 7) is 0. The summed E-state index contributed by atoms with van der Waals surface area (Å²) in [5, 5.41) is 13.6. The highest BCUT2D eigenvalue weighted by atomic mass is 127. The van der Waals surface area contributed by atoms with Crippen LogP contribution in [0.2, 0.25) is 5.02 Å². The van der Waals surface area contributed by atoms with Gasteiger partial charge in [-0.25, -0.2) is 0 Å². The van der Waals surface area contributed by atoms with E-state index in [4.69, 9.17) is 16.9 Å². The number of carbonyl (C=O) groups is 1. The zero-order valence-electron chi connectivity index (χ0n) is 8.91. The van der Waals surface area contributed by atoms with Crippen LogP contribution in [0, 0.1) is 14.2 Å². The number of rotatable bonds is 2. The van der Waals surface area contributed by atoms with Gasteiger partial charge in [0.05, 0.1) is 30.8 Å². The highest BCUT2D eigenvalue weighted by molar-refractivity contribution is 14.1. The zero-order chi connectivity index (χ0) is 13.1. The molecule has 0 aliphatic rings. The molecule has 0 aliphatic carbocycles. The van der Waals surface area contributed by atoms with E-state index < -0.39 is 0 Å². The van der Waals surface area contributed by atoms with Crippen LogP contribution in [0.1, 0.15) is 15.9 Å². The number of nitriles is 1. The minimum absolute atomic E-state index is 0.208. The van der Waals surface area contributed by atoms with E-state index in [9.17, 15) is 4.79 Å². The molecule has 0 aliphatic heterocycles. The quantitative estimate of drug-likeness (QED) is 0.787. The summed E-state index contributed by atoms with van der Waals surface area (Å²) in [6, 6.07) is 8.54. The van der Waals surface area contributed by atoms with Crippen molar-refractivity contribution in [2.75, 3.05) is 5.32 Å². The van der Waals surface area contributed by atoms with Crippen LogP contribution in [-0.2, 0) is 0 Å². The fraction of sp³-hybridized carbons (Fsp3) is 0. The Kier molecular flexibility index (Phi) is 4.22. The zero-order valence-corrected chi connectivity index (χ0v) is 12.6. The first-order valence-electron chi connectivity index (χ1n) is 4.85. The van der Waals surface area contributed by atoms with Crippen molar-refractivity contribution in [2.24, 2.45) is 0 Å². The predicted octanol–water partition coefficient (Wildman–Crippen LogP) is 4.13. The van der Waals surface area contributed by atoms with Gasteiger partial charge in [-0.05, 0) is 46.9 Å². The molecule has 2 aromatic rings. The maximum Gasteiger partial charge on any atom is 0.256 e. The van der Waals surface area contributed by atoms with Gasteiger partial charge in [-0.2, -0.15) is 5.26 Å². The second kappa shape index (κ2) is 5.69. The van der Waals surface area contributed by atoms with E-state index in [0.29, 0.717) is 21.8 Å². The number of halogens is 2. The maximum absolute atomic E-state index is 11.9. The van der Waals surface area contributed by atoms with E-state index in [0.717, 1.165) is 2.88 Å². The third-order valence-corrected chi connectivity index (χ3v) is 4.28. The van der Waals surface area contributed by atoms with Crippen LogP contribution in [0.25, 0.3) is 0 Å². The van der Waals surface area contributed by atoms with E-state index in [1.54, 1.807) is 23.6 Å². The van der Waals surface area contributed by atoms with Gasteiger partial charge in [-0.3, -0.25) is 4.79 Å². The molecule has 0 fully saturated rings. The van der Waals surface area contributed by atoms with Crippen LogP contribution < -0.4 is 5.32 Å². The lowest BCUT2D eigenvalue weighted by atomic mass is 10.2. The van der Waals surface area contributed by atoms with E-state index >= 15 is 0 Å². The Bertz CT molecular complexity index is 648. The number of benzene rings is 1. The van der Waals surface area contributed by atoms with Crippen molar-refractivity contribution in [1.29, 1.82) is 5.26 Å².